The first-order valence-electron chi connectivity index (χ1n) is 8.89. The molecule has 6 nitrogen and oxygen atoms in total. The number of allylic oxidation sites excluding steroid dienone is 3. The van der Waals surface area contributed by atoms with E-state index in [0.29, 0.717) is 24.2 Å². The number of rotatable bonds is 7. The fourth-order valence-corrected chi connectivity index (χ4v) is 4.80. The average molecular weight is 402 g/mol. The number of aliphatic hydroxyl groups is 1. The highest BCUT2D eigenvalue weighted by Gasteiger charge is 2.31. The second-order valence-electron chi connectivity index (χ2n) is 6.52. The van der Waals surface area contributed by atoms with E-state index in [2.05, 4.69) is 0 Å². The molecule has 2 aromatic rings. The molecule has 7 heteroatoms. The summed E-state index contributed by atoms with van der Waals surface area (Å²) >= 11 is 0. The lowest BCUT2D eigenvalue weighted by atomic mass is 9.85. The topological polar surface area (TPSA) is 93.8 Å². The Hall–Kier alpha value is -2.64. The Labute approximate surface area is 164 Å². The molecule has 1 heterocycles. The number of esters is 1. The molecule has 0 aliphatic heterocycles. The lowest BCUT2D eigenvalue weighted by Gasteiger charge is -2.23. The summed E-state index contributed by atoms with van der Waals surface area (Å²) in [5.74, 6) is -0.797. The number of furan rings is 1. The van der Waals surface area contributed by atoms with Gasteiger partial charge in [-0.2, -0.15) is 0 Å². The molecule has 1 N–H and O–H groups in total. The fraction of sp³-hybridized carbons (Fsp3) is 0.286. The van der Waals surface area contributed by atoms with Gasteiger partial charge in [0.15, 0.2) is 9.84 Å². The number of carbonyl (C=O) groups excluding carboxylic acids is 1. The van der Waals surface area contributed by atoms with E-state index in [1.807, 2.05) is 0 Å². The standard InChI is InChI=1S/C21H22O6S/c1-26-21(23)19-13-15(18-10-12-27-20(18)9-11-22)7-8-16(19)14-28(24,25)17-5-3-2-4-6-17/h2-8,10,12,19,22H,9,11,13-14H2,1H3. The van der Waals surface area contributed by atoms with E-state index in [1.54, 1.807) is 48.6 Å². The van der Waals surface area contributed by atoms with Crippen LogP contribution in [-0.2, 0) is 25.8 Å². The van der Waals surface area contributed by atoms with Crippen molar-refractivity contribution in [1.82, 2.24) is 0 Å². The Morgan fingerprint density at radius 3 is 2.64 bits per heavy atom. The molecule has 28 heavy (non-hydrogen) atoms. The van der Waals surface area contributed by atoms with Crippen LogP contribution in [0.3, 0.4) is 0 Å². The highest BCUT2D eigenvalue weighted by molar-refractivity contribution is 7.91. The van der Waals surface area contributed by atoms with Gasteiger partial charge in [0.2, 0.25) is 0 Å². The van der Waals surface area contributed by atoms with Gasteiger partial charge in [-0.25, -0.2) is 8.42 Å². The van der Waals surface area contributed by atoms with Crippen molar-refractivity contribution >= 4 is 21.4 Å². The summed E-state index contributed by atoms with van der Waals surface area (Å²) in [5.41, 5.74) is 2.14. The average Bonchev–Trinajstić information content (AvgIpc) is 3.17. The molecule has 1 aliphatic carbocycles. The molecule has 1 aliphatic rings. The predicted molar refractivity (Wildman–Crippen MR) is 104 cm³/mol. The number of carbonyl (C=O) groups is 1. The van der Waals surface area contributed by atoms with Crippen molar-refractivity contribution in [2.24, 2.45) is 5.92 Å². The van der Waals surface area contributed by atoms with Crippen LogP contribution in [0.4, 0.5) is 0 Å². The monoisotopic (exact) mass is 402 g/mol. The van der Waals surface area contributed by atoms with E-state index in [0.717, 1.165) is 11.1 Å². The summed E-state index contributed by atoms with van der Waals surface area (Å²) < 4.78 is 35.8. The summed E-state index contributed by atoms with van der Waals surface area (Å²) in [6.07, 6.45) is 5.69. The number of hydrogen-bond acceptors (Lipinski definition) is 6. The fourth-order valence-electron chi connectivity index (χ4n) is 3.32. The molecular weight excluding hydrogens is 380 g/mol. The normalized spacial score (nSPS) is 17.0. The number of sulfone groups is 1. The van der Waals surface area contributed by atoms with Crippen molar-refractivity contribution in [3.05, 3.63) is 71.7 Å². The number of ether oxygens (including phenoxy) is 1. The predicted octanol–water partition coefficient (Wildman–Crippen LogP) is 2.79. The Kier molecular flexibility index (Phi) is 6.16. The molecule has 1 atom stereocenters. The SMILES string of the molecule is COC(=O)C1CC(c2ccoc2CCO)=CC=C1CS(=O)(=O)c1ccccc1. The van der Waals surface area contributed by atoms with Gasteiger partial charge in [-0.15, -0.1) is 0 Å². The minimum Gasteiger partial charge on any atom is -0.469 e. The summed E-state index contributed by atoms with van der Waals surface area (Å²) in [7, 11) is -2.29. The van der Waals surface area contributed by atoms with Crippen LogP contribution in [0.1, 0.15) is 17.7 Å². The van der Waals surface area contributed by atoms with Gasteiger partial charge >= 0.3 is 5.97 Å². The van der Waals surface area contributed by atoms with E-state index < -0.39 is 21.7 Å². The van der Waals surface area contributed by atoms with Crippen molar-refractivity contribution in [1.29, 1.82) is 0 Å². The minimum atomic E-state index is -3.58. The van der Waals surface area contributed by atoms with Crippen molar-refractivity contribution in [2.45, 2.75) is 17.7 Å². The zero-order valence-corrected chi connectivity index (χ0v) is 16.3. The number of methoxy groups -OCH3 is 1. The minimum absolute atomic E-state index is 0.0510. The second-order valence-corrected chi connectivity index (χ2v) is 8.51. The molecule has 1 unspecified atom stereocenters. The van der Waals surface area contributed by atoms with E-state index in [-0.39, 0.29) is 17.3 Å². The highest BCUT2D eigenvalue weighted by Crippen LogP contribution is 2.35. The van der Waals surface area contributed by atoms with E-state index >= 15 is 0 Å². The Balaban J connectivity index is 1.94. The summed E-state index contributed by atoms with van der Waals surface area (Å²) in [5, 5.41) is 9.18. The maximum absolute atomic E-state index is 12.7. The van der Waals surface area contributed by atoms with Crippen LogP contribution in [0.15, 0.2) is 69.7 Å². The third kappa shape index (κ3) is 4.26. The first-order valence-corrected chi connectivity index (χ1v) is 10.5. The van der Waals surface area contributed by atoms with Gasteiger partial charge in [-0.1, -0.05) is 30.4 Å². The van der Waals surface area contributed by atoms with Crippen LogP contribution in [0.25, 0.3) is 5.57 Å². The lowest BCUT2D eigenvalue weighted by molar-refractivity contribution is -0.143. The van der Waals surface area contributed by atoms with Gasteiger partial charge in [-0.3, -0.25) is 4.79 Å². The molecule has 0 amide bonds. The van der Waals surface area contributed by atoms with Gasteiger partial charge < -0.3 is 14.3 Å². The van der Waals surface area contributed by atoms with E-state index in [9.17, 15) is 18.3 Å². The van der Waals surface area contributed by atoms with E-state index in [4.69, 9.17) is 9.15 Å². The maximum Gasteiger partial charge on any atom is 0.313 e. The second kappa shape index (κ2) is 8.58. The van der Waals surface area contributed by atoms with E-state index in [1.165, 1.54) is 13.4 Å². The Morgan fingerprint density at radius 2 is 1.96 bits per heavy atom. The van der Waals surface area contributed by atoms with Crippen LogP contribution in [0.2, 0.25) is 0 Å². The van der Waals surface area contributed by atoms with Gasteiger partial charge in [-0.05, 0) is 35.8 Å². The van der Waals surface area contributed by atoms with Gasteiger partial charge in [0, 0.05) is 12.0 Å². The lowest BCUT2D eigenvalue weighted by Crippen LogP contribution is -2.25. The molecule has 1 aromatic carbocycles. The quantitative estimate of drug-likeness (QED) is 0.716. The molecular formula is C21H22O6S. The molecule has 1 aromatic heterocycles. The van der Waals surface area contributed by atoms with Crippen molar-refractivity contribution in [2.75, 3.05) is 19.5 Å². The van der Waals surface area contributed by atoms with Gasteiger partial charge in [0.25, 0.3) is 0 Å². The Bertz CT molecular complexity index is 999. The zero-order chi connectivity index (χ0) is 20.1. The summed E-state index contributed by atoms with van der Waals surface area (Å²) in [6.45, 7) is -0.0510. The number of benzene rings is 1. The van der Waals surface area contributed by atoms with Crippen LogP contribution in [0, 0.1) is 5.92 Å². The Morgan fingerprint density at radius 1 is 1.21 bits per heavy atom. The molecule has 0 saturated heterocycles. The zero-order valence-electron chi connectivity index (χ0n) is 15.5. The molecule has 0 spiro atoms. The van der Waals surface area contributed by atoms with Crippen LogP contribution in [0.5, 0.6) is 0 Å². The van der Waals surface area contributed by atoms with Crippen LogP contribution < -0.4 is 0 Å². The van der Waals surface area contributed by atoms with Crippen molar-refractivity contribution in [3.63, 3.8) is 0 Å². The first kappa shape index (κ1) is 20.1. The van der Waals surface area contributed by atoms with Crippen LogP contribution >= 0.6 is 0 Å². The summed E-state index contributed by atoms with van der Waals surface area (Å²) in [6, 6.07) is 9.95. The smallest absolute Gasteiger partial charge is 0.313 e. The highest BCUT2D eigenvalue weighted by atomic mass is 32.2. The third-order valence-electron chi connectivity index (χ3n) is 4.75. The molecule has 148 valence electrons. The summed E-state index contributed by atoms with van der Waals surface area (Å²) in [4.78, 5) is 12.6. The third-order valence-corrected chi connectivity index (χ3v) is 6.45. The maximum atomic E-state index is 12.7. The number of hydrogen-bond donors (Lipinski definition) is 1. The first-order chi connectivity index (χ1) is 13.5. The molecule has 3 rings (SSSR count). The van der Waals surface area contributed by atoms with Crippen molar-refractivity contribution in [3.8, 4) is 0 Å². The molecule has 0 fully saturated rings. The van der Waals surface area contributed by atoms with Gasteiger partial charge in [0.05, 0.1) is 36.5 Å². The molecule has 0 saturated carbocycles. The number of aliphatic hydroxyl groups excluding tert-OH is 1. The molecule has 0 bridgehead atoms. The largest absolute Gasteiger partial charge is 0.469 e. The van der Waals surface area contributed by atoms with Gasteiger partial charge in [0.1, 0.15) is 5.76 Å². The van der Waals surface area contributed by atoms with Crippen molar-refractivity contribution < 1.29 is 27.5 Å². The van der Waals surface area contributed by atoms with Crippen LogP contribution in [-0.4, -0.2) is 39.0 Å². The molecule has 0 radical (unpaired) electrons.